The highest BCUT2D eigenvalue weighted by molar-refractivity contribution is 5.70. The van der Waals surface area contributed by atoms with Gasteiger partial charge in [-0.2, -0.15) is 10.5 Å². The molecule has 0 radical (unpaired) electrons. The molecular weight excluding hydrogens is 210 g/mol. The highest BCUT2D eigenvalue weighted by Gasteiger charge is 2.05. The van der Waals surface area contributed by atoms with Crippen LogP contribution in [0.3, 0.4) is 0 Å². The van der Waals surface area contributed by atoms with Crippen molar-refractivity contribution in [2.24, 2.45) is 0 Å². The standard InChI is InChI=1S/C10H15N3O3/c1-2-16-10(14)9-15-8-7-13(5-3-11)6-4-12/h2,5-9H2,1H3. The summed E-state index contributed by atoms with van der Waals surface area (Å²) in [5, 5.41) is 16.9. The van der Waals surface area contributed by atoms with Crippen LogP contribution in [0.1, 0.15) is 6.92 Å². The fraction of sp³-hybridized carbons (Fsp3) is 0.700. The zero-order valence-electron chi connectivity index (χ0n) is 9.31. The van der Waals surface area contributed by atoms with Gasteiger partial charge in [-0.05, 0) is 6.92 Å². The van der Waals surface area contributed by atoms with Crippen molar-refractivity contribution in [1.29, 1.82) is 10.5 Å². The van der Waals surface area contributed by atoms with Crippen molar-refractivity contribution < 1.29 is 14.3 Å². The largest absolute Gasteiger partial charge is 0.464 e. The average molecular weight is 225 g/mol. The van der Waals surface area contributed by atoms with Crippen molar-refractivity contribution in [1.82, 2.24) is 4.90 Å². The van der Waals surface area contributed by atoms with Crippen molar-refractivity contribution in [2.75, 3.05) is 39.5 Å². The summed E-state index contributed by atoms with van der Waals surface area (Å²) in [7, 11) is 0. The van der Waals surface area contributed by atoms with E-state index >= 15 is 0 Å². The van der Waals surface area contributed by atoms with Gasteiger partial charge in [0.15, 0.2) is 0 Å². The zero-order valence-corrected chi connectivity index (χ0v) is 9.31. The van der Waals surface area contributed by atoms with Crippen LogP contribution in [0.15, 0.2) is 0 Å². The molecule has 0 aliphatic carbocycles. The van der Waals surface area contributed by atoms with Gasteiger partial charge < -0.3 is 9.47 Å². The molecule has 0 bridgehead atoms. The molecule has 0 saturated heterocycles. The molecule has 0 heterocycles. The molecule has 0 N–H and O–H groups in total. The first kappa shape index (κ1) is 14.4. The van der Waals surface area contributed by atoms with Crippen LogP contribution in [0.4, 0.5) is 0 Å². The summed E-state index contributed by atoms with van der Waals surface area (Å²) in [5.41, 5.74) is 0. The lowest BCUT2D eigenvalue weighted by Gasteiger charge is -2.14. The molecule has 6 nitrogen and oxygen atoms in total. The quantitative estimate of drug-likeness (QED) is 0.326. The van der Waals surface area contributed by atoms with E-state index in [0.717, 1.165) is 0 Å². The van der Waals surface area contributed by atoms with Crippen LogP contribution in [0.25, 0.3) is 0 Å². The molecule has 16 heavy (non-hydrogen) atoms. The lowest BCUT2D eigenvalue weighted by molar-refractivity contribution is -0.148. The molecule has 6 heteroatoms. The molecule has 0 amide bonds. The Labute approximate surface area is 95.0 Å². The van der Waals surface area contributed by atoms with Gasteiger partial charge in [0.2, 0.25) is 0 Å². The normalized spacial score (nSPS) is 9.50. The van der Waals surface area contributed by atoms with E-state index in [1.165, 1.54) is 0 Å². The Hall–Kier alpha value is -1.63. The summed E-state index contributed by atoms with van der Waals surface area (Å²) in [5.74, 6) is -0.408. The molecule has 0 aromatic heterocycles. The SMILES string of the molecule is CCOC(=O)COCCN(CC#N)CC#N. The Balaban J connectivity index is 3.59. The molecule has 0 atom stereocenters. The Morgan fingerprint density at radius 3 is 2.44 bits per heavy atom. The summed E-state index contributed by atoms with van der Waals surface area (Å²) in [6.45, 7) is 3.05. The van der Waals surface area contributed by atoms with Crippen LogP contribution >= 0.6 is 0 Å². The molecule has 0 aromatic rings. The average Bonchev–Trinajstić information content (AvgIpc) is 2.25. The van der Waals surface area contributed by atoms with Crippen LogP contribution in [0.2, 0.25) is 0 Å². The van der Waals surface area contributed by atoms with Gasteiger partial charge in [0.05, 0.1) is 38.4 Å². The Morgan fingerprint density at radius 2 is 1.94 bits per heavy atom. The van der Waals surface area contributed by atoms with Crippen LogP contribution in [-0.2, 0) is 14.3 Å². The second kappa shape index (κ2) is 9.91. The third-order valence-electron chi connectivity index (χ3n) is 1.67. The fourth-order valence-corrected chi connectivity index (χ4v) is 0.966. The molecule has 0 aliphatic rings. The van der Waals surface area contributed by atoms with Gasteiger partial charge in [0.25, 0.3) is 0 Å². The molecule has 0 aromatic carbocycles. The van der Waals surface area contributed by atoms with Crippen molar-refractivity contribution in [3.8, 4) is 12.1 Å². The highest BCUT2D eigenvalue weighted by Crippen LogP contribution is 1.88. The Morgan fingerprint density at radius 1 is 1.31 bits per heavy atom. The predicted octanol–water partition coefficient (Wildman–Crippen LogP) is -0.0847. The zero-order chi connectivity index (χ0) is 12.2. The lowest BCUT2D eigenvalue weighted by atomic mass is 10.5. The lowest BCUT2D eigenvalue weighted by Crippen LogP contribution is -2.29. The van der Waals surface area contributed by atoms with Gasteiger partial charge in [-0.1, -0.05) is 0 Å². The van der Waals surface area contributed by atoms with Gasteiger partial charge in [-0.3, -0.25) is 4.90 Å². The third kappa shape index (κ3) is 7.74. The molecule has 0 rings (SSSR count). The van der Waals surface area contributed by atoms with E-state index in [1.54, 1.807) is 11.8 Å². The predicted molar refractivity (Wildman–Crippen MR) is 55.1 cm³/mol. The first-order valence-electron chi connectivity index (χ1n) is 4.94. The summed E-state index contributed by atoms with van der Waals surface area (Å²) in [4.78, 5) is 12.5. The third-order valence-corrected chi connectivity index (χ3v) is 1.67. The van der Waals surface area contributed by atoms with E-state index in [9.17, 15) is 4.79 Å². The molecule has 0 aliphatic heterocycles. The van der Waals surface area contributed by atoms with Crippen molar-refractivity contribution >= 4 is 5.97 Å². The maximum Gasteiger partial charge on any atom is 0.332 e. The number of ether oxygens (including phenoxy) is 2. The van der Waals surface area contributed by atoms with E-state index in [1.807, 2.05) is 12.1 Å². The summed E-state index contributed by atoms with van der Waals surface area (Å²) in [6.07, 6.45) is 0. The molecule has 0 fully saturated rings. The number of esters is 1. The van der Waals surface area contributed by atoms with Gasteiger partial charge in [0, 0.05) is 6.54 Å². The first-order chi connectivity index (χ1) is 7.74. The molecule has 0 spiro atoms. The number of rotatable bonds is 8. The second-order valence-electron chi connectivity index (χ2n) is 2.88. The van der Waals surface area contributed by atoms with Gasteiger partial charge in [-0.25, -0.2) is 4.79 Å². The Bertz CT molecular complexity index is 264. The second-order valence-corrected chi connectivity index (χ2v) is 2.88. The van der Waals surface area contributed by atoms with Crippen LogP contribution < -0.4 is 0 Å². The number of hydrogen-bond donors (Lipinski definition) is 0. The highest BCUT2D eigenvalue weighted by atomic mass is 16.6. The van der Waals surface area contributed by atoms with E-state index in [0.29, 0.717) is 19.8 Å². The number of hydrogen-bond acceptors (Lipinski definition) is 6. The van der Waals surface area contributed by atoms with Crippen LogP contribution in [0, 0.1) is 22.7 Å². The Kier molecular flexibility index (Phi) is 8.90. The first-order valence-corrected chi connectivity index (χ1v) is 4.94. The molecular formula is C10H15N3O3. The molecule has 88 valence electrons. The van der Waals surface area contributed by atoms with Gasteiger partial charge in [0.1, 0.15) is 6.61 Å². The van der Waals surface area contributed by atoms with E-state index in [2.05, 4.69) is 4.74 Å². The van der Waals surface area contributed by atoms with E-state index in [4.69, 9.17) is 15.3 Å². The van der Waals surface area contributed by atoms with E-state index in [-0.39, 0.29) is 19.7 Å². The molecule has 0 unspecified atom stereocenters. The number of carbonyl (C=O) groups is 1. The summed E-state index contributed by atoms with van der Waals surface area (Å²) < 4.78 is 9.70. The maximum absolute atomic E-state index is 10.9. The summed E-state index contributed by atoms with van der Waals surface area (Å²) >= 11 is 0. The van der Waals surface area contributed by atoms with Crippen molar-refractivity contribution in [2.45, 2.75) is 6.92 Å². The van der Waals surface area contributed by atoms with Crippen molar-refractivity contribution in [3.63, 3.8) is 0 Å². The number of nitriles is 2. The van der Waals surface area contributed by atoms with Gasteiger partial charge >= 0.3 is 5.97 Å². The molecule has 0 saturated carbocycles. The topological polar surface area (TPSA) is 86.3 Å². The smallest absolute Gasteiger partial charge is 0.332 e. The maximum atomic E-state index is 10.9. The minimum absolute atomic E-state index is 0.0964. The van der Waals surface area contributed by atoms with Crippen LogP contribution in [-0.4, -0.2) is 50.3 Å². The number of carbonyl (C=O) groups excluding carboxylic acids is 1. The monoisotopic (exact) mass is 225 g/mol. The van der Waals surface area contributed by atoms with E-state index < -0.39 is 5.97 Å². The van der Waals surface area contributed by atoms with Crippen molar-refractivity contribution in [3.05, 3.63) is 0 Å². The fourth-order valence-electron chi connectivity index (χ4n) is 0.966. The minimum atomic E-state index is -0.408. The number of nitrogens with zero attached hydrogens (tertiary/aromatic N) is 3. The minimum Gasteiger partial charge on any atom is -0.464 e. The van der Waals surface area contributed by atoms with Gasteiger partial charge in [-0.15, -0.1) is 0 Å². The summed E-state index contributed by atoms with van der Waals surface area (Å²) in [6, 6.07) is 3.90. The van der Waals surface area contributed by atoms with Crippen LogP contribution in [0.5, 0.6) is 0 Å².